The number of rotatable bonds is 5. The van der Waals surface area contributed by atoms with E-state index in [9.17, 15) is 4.79 Å². The largest absolute Gasteiger partial charge is 0.337 e. The zero-order valence-corrected chi connectivity index (χ0v) is 11.9. The Morgan fingerprint density at radius 2 is 1.95 bits per heavy atom. The molecule has 0 N–H and O–H groups in total. The van der Waals surface area contributed by atoms with Gasteiger partial charge >= 0.3 is 0 Å². The average Bonchev–Trinajstić information content (AvgIpc) is 2.49. The number of hydrogen-bond donors (Lipinski definition) is 0. The van der Waals surface area contributed by atoms with E-state index in [0.29, 0.717) is 18.8 Å². The van der Waals surface area contributed by atoms with Crippen LogP contribution in [0.2, 0.25) is 5.15 Å². The van der Waals surface area contributed by atoms with Gasteiger partial charge in [-0.2, -0.15) is 0 Å². The number of carbonyl (C=O) groups is 1. The Kier molecular flexibility index (Phi) is 5.01. The molecule has 104 valence electrons. The Bertz CT molecular complexity index is 559. The van der Waals surface area contributed by atoms with Crippen LogP contribution in [-0.4, -0.2) is 39.1 Å². The van der Waals surface area contributed by atoms with Crippen LogP contribution >= 0.6 is 11.6 Å². The van der Waals surface area contributed by atoms with E-state index < -0.39 is 0 Å². The molecule has 20 heavy (non-hydrogen) atoms. The summed E-state index contributed by atoms with van der Waals surface area (Å²) in [7, 11) is 0. The van der Waals surface area contributed by atoms with E-state index in [-0.39, 0.29) is 11.1 Å². The molecule has 0 saturated carbocycles. The number of hydrogen-bond acceptors (Lipinski definition) is 4. The van der Waals surface area contributed by atoms with E-state index in [1.807, 2.05) is 19.1 Å². The van der Waals surface area contributed by atoms with Crippen LogP contribution < -0.4 is 0 Å². The quantitative estimate of drug-likeness (QED) is 0.847. The molecule has 0 unspecified atom stereocenters. The summed E-state index contributed by atoms with van der Waals surface area (Å²) in [5.74, 6) is -0.134. The van der Waals surface area contributed by atoms with Crippen LogP contribution in [0.5, 0.6) is 0 Å². The summed E-state index contributed by atoms with van der Waals surface area (Å²) in [6.45, 7) is 3.19. The molecule has 0 atom stereocenters. The van der Waals surface area contributed by atoms with E-state index in [1.54, 1.807) is 29.4 Å². The highest BCUT2D eigenvalue weighted by Gasteiger charge is 2.15. The summed E-state index contributed by atoms with van der Waals surface area (Å²) < 4.78 is 0. The first-order valence-electron chi connectivity index (χ1n) is 6.38. The number of nitrogens with zero attached hydrogens (tertiary/aromatic N) is 4. The molecule has 2 rings (SSSR count). The third kappa shape index (κ3) is 3.74. The summed E-state index contributed by atoms with van der Waals surface area (Å²) >= 11 is 5.67. The highest BCUT2D eigenvalue weighted by Crippen LogP contribution is 2.07. The molecule has 0 aliphatic carbocycles. The molecule has 2 aromatic heterocycles. The van der Waals surface area contributed by atoms with Crippen LogP contribution in [0.25, 0.3) is 0 Å². The van der Waals surface area contributed by atoms with Gasteiger partial charge in [-0.3, -0.25) is 9.78 Å². The molecular formula is C14H15ClN4O. The number of likely N-dealkylation sites (N-methyl/N-ethyl adjacent to an activating group) is 1. The van der Waals surface area contributed by atoms with Crippen LogP contribution in [0.15, 0.2) is 36.7 Å². The van der Waals surface area contributed by atoms with Crippen molar-refractivity contribution in [2.45, 2.75) is 13.3 Å². The van der Waals surface area contributed by atoms with Gasteiger partial charge in [-0.1, -0.05) is 11.6 Å². The molecule has 0 saturated heterocycles. The van der Waals surface area contributed by atoms with Crippen molar-refractivity contribution in [1.29, 1.82) is 0 Å². The van der Waals surface area contributed by atoms with Crippen molar-refractivity contribution in [2.75, 3.05) is 13.1 Å². The smallest absolute Gasteiger partial charge is 0.274 e. The summed E-state index contributed by atoms with van der Waals surface area (Å²) in [5.41, 5.74) is 1.46. The van der Waals surface area contributed by atoms with Crippen LogP contribution in [0.4, 0.5) is 0 Å². The molecular weight excluding hydrogens is 276 g/mol. The first-order chi connectivity index (χ1) is 9.70. The van der Waals surface area contributed by atoms with Crippen molar-refractivity contribution in [2.24, 2.45) is 0 Å². The zero-order valence-electron chi connectivity index (χ0n) is 11.2. The lowest BCUT2D eigenvalue weighted by atomic mass is 10.2. The van der Waals surface area contributed by atoms with Gasteiger partial charge in [0.2, 0.25) is 0 Å². The molecule has 2 aromatic rings. The topological polar surface area (TPSA) is 59.0 Å². The lowest BCUT2D eigenvalue weighted by Crippen LogP contribution is -2.33. The lowest BCUT2D eigenvalue weighted by molar-refractivity contribution is 0.0759. The van der Waals surface area contributed by atoms with Gasteiger partial charge in [0, 0.05) is 25.5 Å². The number of aromatic nitrogens is 3. The SMILES string of the molecule is CCN(CCc1ccncc1)C(=O)c1ccc(Cl)nn1. The highest BCUT2D eigenvalue weighted by atomic mass is 35.5. The van der Waals surface area contributed by atoms with Crippen molar-refractivity contribution in [3.8, 4) is 0 Å². The number of carbonyl (C=O) groups excluding carboxylic acids is 1. The summed E-state index contributed by atoms with van der Waals surface area (Å²) in [6, 6.07) is 7.05. The molecule has 0 aliphatic rings. The molecule has 1 amide bonds. The third-order valence-corrected chi connectivity index (χ3v) is 3.14. The van der Waals surface area contributed by atoms with Crippen LogP contribution in [0.3, 0.4) is 0 Å². The van der Waals surface area contributed by atoms with Crippen molar-refractivity contribution < 1.29 is 4.79 Å². The molecule has 0 radical (unpaired) electrons. The summed E-state index contributed by atoms with van der Waals surface area (Å²) in [5, 5.41) is 7.79. The van der Waals surface area contributed by atoms with Crippen LogP contribution in [0, 0.1) is 0 Å². The van der Waals surface area contributed by atoms with E-state index >= 15 is 0 Å². The normalized spacial score (nSPS) is 10.3. The molecule has 2 heterocycles. The van der Waals surface area contributed by atoms with Gasteiger partial charge in [0.25, 0.3) is 5.91 Å². The molecule has 6 heteroatoms. The average molecular weight is 291 g/mol. The van der Waals surface area contributed by atoms with E-state index in [0.717, 1.165) is 12.0 Å². The predicted octanol–water partition coefficient (Wildman–Crippen LogP) is 2.23. The van der Waals surface area contributed by atoms with Crippen molar-refractivity contribution in [1.82, 2.24) is 20.1 Å². The van der Waals surface area contributed by atoms with E-state index in [2.05, 4.69) is 15.2 Å². The molecule has 0 fully saturated rings. The standard InChI is InChI=1S/C14H15ClN4O/c1-2-19(10-7-11-5-8-16-9-6-11)14(20)12-3-4-13(15)18-17-12/h3-6,8-9H,2,7,10H2,1H3. The lowest BCUT2D eigenvalue weighted by Gasteiger charge is -2.20. The van der Waals surface area contributed by atoms with Crippen molar-refractivity contribution >= 4 is 17.5 Å². The zero-order chi connectivity index (χ0) is 14.4. The van der Waals surface area contributed by atoms with Crippen LogP contribution in [-0.2, 0) is 6.42 Å². The second kappa shape index (κ2) is 6.96. The van der Waals surface area contributed by atoms with E-state index in [1.165, 1.54) is 0 Å². The summed E-state index contributed by atoms with van der Waals surface area (Å²) in [6.07, 6.45) is 4.28. The Hall–Kier alpha value is -2.01. The van der Waals surface area contributed by atoms with Crippen molar-refractivity contribution in [3.63, 3.8) is 0 Å². The van der Waals surface area contributed by atoms with Gasteiger partial charge < -0.3 is 4.90 Å². The number of halogens is 1. The Morgan fingerprint density at radius 1 is 1.20 bits per heavy atom. The Balaban J connectivity index is 2.00. The second-order valence-corrected chi connectivity index (χ2v) is 4.62. The maximum absolute atomic E-state index is 12.3. The van der Waals surface area contributed by atoms with Gasteiger partial charge in [0.05, 0.1) is 0 Å². The number of amides is 1. The molecule has 0 bridgehead atoms. The highest BCUT2D eigenvalue weighted by molar-refractivity contribution is 6.29. The Morgan fingerprint density at radius 3 is 2.55 bits per heavy atom. The first kappa shape index (κ1) is 14.4. The van der Waals surface area contributed by atoms with Gasteiger partial charge in [0.15, 0.2) is 10.8 Å². The third-order valence-electron chi connectivity index (χ3n) is 2.94. The minimum absolute atomic E-state index is 0.134. The number of pyridine rings is 1. The molecule has 0 spiro atoms. The first-order valence-corrected chi connectivity index (χ1v) is 6.76. The summed E-state index contributed by atoms with van der Waals surface area (Å²) in [4.78, 5) is 18.0. The van der Waals surface area contributed by atoms with Gasteiger partial charge in [0.1, 0.15) is 0 Å². The Labute approximate surface area is 122 Å². The molecule has 0 aromatic carbocycles. The fourth-order valence-corrected chi connectivity index (χ4v) is 1.91. The van der Waals surface area contributed by atoms with Gasteiger partial charge in [-0.25, -0.2) is 0 Å². The monoisotopic (exact) mass is 290 g/mol. The molecule has 5 nitrogen and oxygen atoms in total. The van der Waals surface area contributed by atoms with Crippen molar-refractivity contribution in [3.05, 3.63) is 53.1 Å². The van der Waals surface area contributed by atoms with Gasteiger partial charge in [-0.05, 0) is 43.2 Å². The minimum Gasteiger partial charge on any atom is -0.337 e. The predicted molar refractivity (Wildman–Crippen MR) is 76.6 cm³/mol. The second-order valence-electron chi connectivity index (χ2n) is 4.23. The van der Waals surface area contributed by atoms with E-state index in [4.69, 9.17) is 11.6 Å². The molecule has 0 aliphatic heterocycles. The fourth-order valence-electron chi connectivity index (χ4n) is 1.81. The fraction of sp³-hybridized carbons (Fsp3) is 0.286. The maximum Gasteiger partial charge on any atom is 0.274 e. The maximum atomic E-state index is 12.3. The van der Waals surface area contributed by atoms with Crippen LogP contribution in [0.1, 0.15) is 23.0 Å². The van der Waals surface area contributed by atoms with Gasteiger partial charge in [-0.15, -0.1) is 10.2 Å². The minimum atomic E-state index is -0.134.